The van der Waals surface area contributed by atoms with E-state index >= 15 is 0 Å². The highest BCUT2D eigenvalue weighted by atomic mass is 19.1. The van der Waals surface area contributed by atoms with Gasteiger partial charge in [0.05, 0.1) is 6.61 Å². The van der Waals surface area contributed by atoms with Crippen molar-refractivity contribution in [3.05, 3.63) is 35.6 Å². The number of rotatable bonds is 2. The third-order valence-electron chi connectivity index (χ3n) is 2.41. The lowest BCUT2D eigenvalue weighted by molar-refractivity contribution is 0.0900. The standard InChI is InChI=1S/C11H11FO2/c12-10-3-1-2-8(6-10)11(13)9-4-5-14-7-9/h1-3,6,9H,4-5,7H2. The SMILES string of the molecule is O=C(c1cccc(F)c1)C1CCOC1. The van der Waals surface area contributed by atoms with E-state index in [0.29, 0.717) is 18.8 Å². The minimum atomic E-state index is -0.366. The molecule has 14 heavy (non-hydrogen) atoms. The van der Waals surface area contributed by atoms with Gasteiger partial charge in [-0.3, -0.25) is 4.79 Å². The molecule has 74 valence electrons. The van der Waals surface area contributed by atoms with Gasteiger partial charge in [-0.2, -0.15) is 0 Å². The summed E-state index contributed by atoms with van der Waals surface area (Å²) in [6, 6.07) is 5.81. The van der Waals surface area contributed by atoms with Gasteiger partial charge in [0.1, 0.15) is 5.82 Å². The second kappa shape index (κ2) is 3.88. The van der Waals surface area contributed by atoms with Gasteiger partial charge < -0.3 is 4.74 Å². The molecule has 1 unspecified atom stereocenters. The van der Waals surface area contributed by atoms with Crippen molar-refractivity contribution >= 4 is 5.78 Å². The van der Waals surface area contributed by atoms with Crippen molar-refractivity contribution in [3.63, 3.8) is 0 Å². The molecular weight excluding hydrogens is 183 g/mol. The van der Waals surface area contributed by atoms with Crippen LogP contribution in [0.1, 0.15) is 16.8 Å². The van der Waals surface area contributed by atoms with E-state index < -0.39 is 0 Å². The molecule has 1 aliphatic rings. The molecule has 2 nitrogen and oxygen atoms in total. The van der Waals surface area contributed by atoms with Gasteiger partial charge >= 0.3 is 0 Å². The quantitative estimate of drug-likeness (QED) is 0.673. The summed E-state index contributed by atoms with van der Waals surface area (Å²) in [5.74, 6) is -0.464. The highest BCUT2D eigenvalue weighted by Crippen LogP contribution is 2.18. The Balaban J connectivity index is 2.17. The van der Waals surface area contributed by atoms with Crippen molar-refractivity contribution < 1.29 is 13.9 Å². The number of hydrogen-bond acceptors (Lipinski definition) is 2. The molecule has 1 aromatic rings. The topological polar surface area (TPSA) is 26.3 Å². The Hall–Kier alpha value is -1.22. The molecule has 1 fully saturated rings. The third kappa shape index (κ3) is 1.82. The fourth-order valence-electron chi connectivity index (χ4n) is 1.62. The Labute approximate surface area is 81.7 Å². The van der Waals surface area contributed by atoms with Crippen LogP contribution in [0.4, 0.5) is 4.39 Å². The van der Waals surface area contributed by atoms with Crippen LogP contribution in [0.25, 0.3) is 0 Å². The molecule has 1 atom stereocenters. The predicted molar refractivity (Wildman–Crippen MR) is 49.7 cm³/mol. The van der Waals surface area contributed by atoms with E-state index in [4.69, 9.17) is 4.74 Å². The summed E-state index contributed by atoms with van der Waals surface area (Å²) in [6.45, 7) is 1.10. The molecule has 0 aromatic heterocycles. The Morgan fingerprint density at radius 3 is 3.00 bits per heavy atom. The van der Waals surface area contributed by atoms with Gasteiger partial charge in [0, 0.05) is 18.1 Å². The minimum absolute atomic E-state index is 0.0120. The lowest BCUT2D eigenvalue weighted by Gasteiger charge is -2.05. The lowest BCUT2D eigenvalue weighted by Crippen LogP contribution is -2.14. The van der Waals surface area contributed by atoms with Gasteiger partial charge in [-0.05, 0) is 18.6 Å². The van der Waals surface area contributed by atoms with E-state index in [2.05, 4.69) is 0 Å². The van der Waals surface area contributed by atoms with Crippen molar-refractivity contribution in [3.8, 4) is 0 Å². The molecule has 0 amide bonds. The maximum atomic E-state index is 12.8. The maximum absolute atomic E-state index is 12.8. The van der Waals surface area contributed by atoms with E-state index in [0.717, 1.165) is 6.42 Å². The molecule has 1 aromatic carbocycles. The number of carbonyl (C=O) groups excluding carboxylic acids is 1. The number of benzene rings is 1. The molecule has 0 spiro atoms. The second-order valence-electron chi connectivity index (χ2n) is 3.44. The fourth-order valence-corrected chi connectivity index (χ4v) is 1.62. The summed E-state index contributed by atoms with van der Waals surface area (Å²) >= 11 is 0. The molecule has 0 N–H and O–H groups in total. The first-order valence-electron chi connectivity index (χ1n) is 4.65. The monoisotopic (exact) mass is 194 g/mol. The molecule has 1 heterocycles. The molecule has 0 radical (unpaired) electrons. The second-order valence-corrected chi connectivity index (χ2v) is 3.44. The largest absolute Gasteiger partial charge is 0.381 e. The van der Waals surface area contributed by atoms with E-state index in [9.17, 15) is 9.18 Å². The number of halogens is 1. The fraction of sp³-hybridized carbons (Fsp3) is 0.364. The summed E-state index contributed by atoms with van der Waals surface area (Å²) in [7, 11) is 0. The van der Waals surface area contributed by atoms with E-state index in [1.54, 1.807) is 12.1 Å². The molecule has 1 saturated heterocycles. The van der Waals surface area contributed by atoms with Crippen LogP contribution < -0.4 is 0 Å². The van der Waals surface area contributed by atoms with Gasteiger partial charge in [0.25, 0.3) is 0 Å². The normalized spacial score (nSPS) is 21.1. The van der Waals surface area contributed by atoms with E-state index in [1.807, 2.05) is 0 Å². The van der Waals surface area contributed by atoms with Gasteiger partial charge in [0.2, 0.25) is 0 Å². The molecular formula is C11H11FO2. The number of hydrogen-bond donors (Lipinski definition) is 0. The smallest absolute Gasteiger partial charge is 0.168 e. The number of Topliss-reactive ketones (excluding diaryl/α,β-unsaturated/α-hetero) is 1. The average molecular weight is 194 g/mol. The van der Waals surface area contributed by atoms with Crippen LogP contribution in [-0.2, 0) is 4.74 Å². The first-order chi connectivity index (χ1) is 6.77. The molecule has 0 bridgehead atoms. The number of ketones is 1. The molecule has 1 aliphatic heterocycles. The predicted octanol–water partition coefficient (Wildman–Crippen LogP) is 2.04. The van der Waals surface area contributed by atoms with Crippen molar-refractivity contribution in [2.24, 2.45) is 5.92 Å². The summed E-state index contributed by atoms with van der Waals surface area (Å²) in [4.78, 5) is 11.8. The van der Waals surface area contributed by atoms with Crippen LogP contribution in [0.2, 0.25) is 0 Å². The summed E-state index contributed by atoms with van der Waals surface area (Å²) in [5, 5.41) is 0. The van der Waals surface area contributed by atoms with Crippen LogP contribution in [0, 0.1) is 11.7 Å². The van der Waals surface area contributed by atoms with Crippen LogP contribution in [0.15, 0.2) is 24.3 Å². The Morgan fingerprint density at radius 2 is 2.36 bits per heavy atom. The summed E-state index contributed by atoms with van der Waals surface area (Å²) in [5.41, 5.74) is 0.445. The van der Waals surface area contributed by atoms with Crippen molar-refractivity contribution in [2.75, 3.05) is 13.2 Å². The average Bonchev–Trinajstić information content (AvgIpc) is 2.69. The number of ether oxygens (including phenoxy) is 1. The Bertz CT molecular complexity index is 343. The van der Waals surface area contributed by atoms with Crippen molar-refractivity contribution in [2.45, 2.75) is 6.42 Å². The molecule has 2 rings (SSSR count). The molecule has 0 saturated carbocycles. The first-order valence-corrected chi connectivity index (χ1v) is 4.65. The zero-order valence-corrected chi connectivity index (χ0v) is 7.70. The van der Waals surface area contributed by atoms with Gasteiger partial charge in [-0.1, -0.05) is 12.1 Å². The van der Waals surface area contributed by atoms with Crippen molar-refractivity contribution in [1.82, 2.24) is 0 Å². The highest BCUT2D eigenvalue weighted by Gasteiger charge is 2.24. The van der Waals surface area contributed by atoms with Crippen LogP contribution in [0.3, 0.4) is 0 Å². The van der Waals surface area contributed by atoms with Crippen LogP contribution in [-0.4, -0.2) is 19.0 Å². The third-order valence-corrected chi connectivity index (χ3v) is 2.41. The van der Waals surface area contributed by atoms with E-state index in [-0.39, 0.29) is 17.5 Å². The lowest BCUT2D eigenvalue weighted by atomic mass is 9.97. The van der Waals surface area contributed by atoms with Gasteiger partial charge in [0.15, 0.2) is 5.78 Å². The maximum Gasteiger partial charge on any atom is 0.168 e. The number of carbonyl (C=O) groups is 1. The Morgan fingerprint density at radius 1 is 1.50 bits per heavy atom. The molecule has 0 aliphatic carbocycles. The van der Waals surface area contributed by atoms with Crippen molar-refractivity contribution in [1.29, 1.82) is 0 Å². The zero-order valence-electron chi connectivity index (χ0n) is 7.70. The molecule has 3 heteroatoms. The van der Waals surface area contributed by atoms with Gasteiger partial charge in [-0.15, -0.1) is 0 Å². The summed E-state index contributed by atoms with van der Waals surface area (Å²) < 4.78 is 17.9. The zero-order chi connectivity index (χ0) is 9.97. The van der Waals surface area contributed by atoms with Crippen LogP contribution >= 0.6 is 0 Å². The first kappa shape index (κ1) is 9.34. The highest BCUT2D eigenvalue weighted by molar-refractivity contribution is 5.98. The van der Waals surface area contributed by atoms with E-state index in [1.165, 1.54) is 12.1 Å². The van der Waals surface area contributed by atoms with Gasteiger partial charge in [-0.25, -0.2) is 4.39 Å². The Kier molecular flexibility index (Phi) is 2.59. The minimum Gasteiger partial charge on any atom is -0.381 e. The summed E-state index contributed by atoms with van der Waals surface area (Å²) in [6.07, 6.45) is 0.745. The van der Waals surface area contributed by atoms with Crippen LogP contribution in [0.5, 0.6) is 0 Å².